The van der Waals surface area contributed by atoms with Crippen LogP contribution in [0, 0.1) is 5.82 Å². The van der Waals surface area contributed by atoms with Crippen LogP contribution in [0.15, 0.2) is 36.4 Å². The molecule has 0 aliphatic carbocycles. The molecule has 1 amide bonds. The maximum atomic E-state index is 13.5. The van der Waals surface area contributed by atoms with Crippen LogP contribution in [-0.2, 0) is 0 Å². The zero-order valence-corrected chi connectivity index (χ0v) is 10.2. The van der Waals surface area contributed by atoms with Gasteiger partial charge in [0.25, 0.3) is 5.91 Å². The van der Waals surface area contributed by atoms with Gasteiger partial charge in [-0.2, -0.15) is 0 Å². The molecule has 0 N–H and O–H groups in total. The molecule has 0 bridgehead atoms. The minimum atomic E-state index is -0.477. The van der Waals surface area contributed by atoms with E-state index in [-0.39, 0.29) is 16.5 Å². The Bertz CT molecular complexity index is 574. The van der Waals surface area contributed by atoms with Gasteiger partial charge in [-0.25, -0.2) is 4.39 Å². The monoisotopic (exact) mass is 265 g/mol. The molecule has 18 heavy (non-hydrogen) atoms. The standard InChI is InChI=1S/C12H9ClFN3O/c1-17(10-5-3-2-4-8(10)14)12(18)9-6-7-11(13)16-15-9/h2-7H,1H3. The summed E-state index contributed by atoms with van der Waals surface area (Å²) >= 11 is 5.58. The SMILES string of the molecule is CN(C(=O)c1ccc(Cl)nn1)c1ccccc1F. The minimum absolute atomic E-state index is 0.102. The number of anilines is 1. The highest BCUT2D eigenvalue weighted by molar-refractivity contribution is 6.29. The second kappa shape index (κ2) is 5.10. The third-order valence-electron chi connectivity index (χ3n) is 2.37. The molecule has 0 unspecified atom stereocenters. The first kappa shape index (κ1) is 12.4. The zero-order valence-electron chi connectivity index (χ0n) is 9.47. The minimum Gasteiger partial charge on any atom is -0.307 e. The van der Waals surface area contributed by atoms with Crippen molar-refractivity contribution in [2.24, 2.45) is 0 Å². The quantitative estimate of drug-likeness (QED) is 0.838. The van der Waals surface area contributed by atoms with E-state index >= 15 is 0 Å². The van der Waals surface area contributed by atoms with Crippen LogP contribution in [0.2, 0.25) is 5.15 Å². The summed E-state index contributed by atoms with van der Waals surface area (Å²) < 4.78 is 13.5. The number of benzene rings is 1. The van der Waals surface area contributed by atoms with Gasteiger partial charge in [0.2, 0.25) is 0 Å². The smallest absolute Gasteiger partial charge is 0.278 e. The number of nitrogens with zero attached hydrogens (tertiary/aromatic N) is 3. The van der Waals surface area contributed by atoms with Crippen LogP contribution in [0.3, 0.4) is 0 Å². The van der Waals surface area contributed by atoms with Crippen molar-refractivity contribution in [3.8, 4) is 0 Å². The van der Waals surface area contributed by atoms with Crippen molar-refractivity contribution in [2.75, 3.05) is 11.9 Å². The first-order chi connectivity index (χ1) is 8.59. The number of rotatable bonds is 2. The van der Waals surface area contributed by atoms with Crippen LogP contribution in [0.1, 0.15) is 10.5 Å². The number of carbonyl (C=O) groups is 1. The Morgan fingerprint density at radius 2 is 1.94 bits per heavy atom. The molecule has 0 aliphatic rings. The van der Waals surface area contributed by atoms with Gasteiger partial charge in [0.15, 0.2) is 10.8 Å². The van der Waals surface area contributed by atoms with E-state index in [4.69, 9.17) is 11.6 Å². The van der Waals surface area contributed by atoms with Crippen LogP contribution >= 0.6 is 11.6 Å². The maximum Gasteiger partial charge on any atom is 0.278 e. The lowest BCUT2D eigenvalue weighted by molar-refractivity contribution is 0.0986. The van der Waals surface area contributed by atoms with Gasteiger partial charge < -0.3 is 4.90 Å². The van der Waals surface area contributed by atoms with E-state index in [1.54, 1.807) is 12.1 Å². The lowest BCUT2D eigenvalue weighted by Gasteiger charge is -2.16. The average Bonchev–Trinajstić information content (AvgIpc) is 2.38. The summed E-state index contributed by atoms with van der Waals surface area (Å²) in [4.78, 5) is 13.2. The molecule has 6 heteroatoms. The predicted molar refractivity (Wildman–Crippen MR) is 66.2 cm³/mol. The third kappa shape index (κ3) is 2.46. The lowest BCUT2D eigenvalue weighted by Crippen LogP contribution is -2.28. The fraction of sp³-hybridized carbons (Fsp3) is 0.0833. The number of carbonyl (C=O) groups excluding carboxylic acids is 1. The molecule has 0 saturated heterocycles. The van der Waals surface area contributed by atoms with Crippen LogP contribution < -0.4 is 4.90 Å². The molecule has 92 valence electrons. The summed E-state index contributed by atoms with van der Waals surface area (Å²) in [5, 5.41) is 7.43. The summed E-state index contributed by atoms with van der Waals surface area (Å²) in [6.45, 7) is 0. The van der Waals surface area contributed by atoms with Crippen molar-refractivity contribution in [2.45, 2.75) is 0 Å². The summed E-state index contributed by atoms with van der Waals surface area (Å²) in [6, 6.07) is 8.89. The molecule has 0 saturated carbocycles. The summed E-state index contributed by atoms with van der Waals surface area (Å²) in [5.41, 5.74) is 0.282. The highest BCUT2D eigenvalue weighted by atomic mass is 35.5. The fourth-order valence-electron chi connectivity index (χ4n) is 1.44. The van der Waals surface area contributed by atoms with Gasteiger partial charge in [0, 0.05) is 7.05 Å². The second-order valence-corrected chi connectivity index (χ2v) is 3.94. The van der Waals surface area contributed by atoms with Crippen molar-refractivity contribution in [3.05, 3.63) is 53.1 Å². The molecule has 1 aromatic carbocycles. The Morgan fingerprint density at radius 3 is 2.56 bits per heavy atom. The van der Waals surface area contributed by atoms with E-state index in [2.05, 4.69) is 10.2 Å². The zero-order chi connectivity index (χ0) is 13.1. The molecule has 1 aromatic heterocycles. The van der Waals surface area contributed by atoms with Crippen LogP contribution in [0.5, 0.6) is 0 Å². The Labute approximate surface area is 108 Å². The highest BCUT2D eigenvalue weighted by Gasteiger charge is 2.17. The van der Waals surface area contributed by atoms with E-state index in [1.807, 2.05) is 0 Å². The van der Waals surface area contributed by atoms with Gasteiger partial charge in [-0.15, -0.1) is 10.2 Å². The van der Waals surface area contributed by atoms with Crippen molar-refractivity contribution >= 4 is 23.2 Å². The van der Waals surface area contributed by atoms with Gasteiger partial charge in [0.1, 0.15) is 5.82 Å². The van der Waals surface area contributed by atoms with Crippen molar-refractivity contribution in [1.29, 1.82) is 0 Å². The third-order valence-corrected chi connectivity index (χ3v) is 2.57. The molecule has 0 spiro atoms. The number of para-hydroxylation sites is 1. The normalized spacial score (nSPS) is 10.2. The van der Waals surface area contributed by atoms with E-state index in [1.165, 1.54) is 36.2 Å². The van der Waals surface area contributed by atoms with E-state index in [0.29, 0.717) is 0 Å². The van der Waals surface area contributed by atoms with Gasteiger partial charge in [-0.3, -0.25) is 4.79 Å². The van der Waals surface area contributed by atoms with E-state index < -0.39 is 11.7 Å². The summed E-state index contributed by atoms with van der Waals surface area (Å²) in [7, 11) is 1.47. The van der Waals surface area contributed by atoms with Gasteiger partial charge in [-0.05, 0) is 24.3 Å². The number of aromatic nitrogens is 2. The van der Waals surface area contributed by atoms with Crippen molar-refractivity contribution in [1.82, 2.24) is 10.2 Å². The molecule has 4 nitrogen and oxygen atoms in total. The molecule has 0 fully saturated rings. The van der Waals surface area contributed by atoms with Crippen LogP contribution in [0.25, 0.3) is 0 Å². The highest BCUT2D eigenvalue weighted by Crippen LogP contribution is 2.18. The molecule has 0 radical (unpaired) electrons. The summed E-state index contributed by atoms with van der Waals surface area (Å²) in [5.74, 6) is -0.931. The molecular weight excluding hydrogens is 257 g/mol. The van der Waals surface area contributed by atoms with Crippen LogP contribution in [0.4, 0.5) is 10.1 Å². The number of amides is 1. The average molecular weight is 266 g/mol. The Morgan fingerprint density at radius 1 is 1.22 bits per heavy atom. The Balaban J connectivity index is 2.29. The number of hydrogen-bond acceptors (Lipinski definition) is 3. The van der Waals surface area contributed by atoms with Crippen molar-refractivity contribution in [3.63, 3.8) is 0 Å². The number of hydrogen-bond donors (Lipinski definition) is 0. The van der Waals surface area contributed by atoms with Crippen molar-refractivity contribution < 1.29 is 9.18 Å². The Kier molecular flexibility index (Phi) is 3.53. The topological polar surface area (TPSA) is 46.1 Å². The second-order valence-electron chi connectivity index (χ2n) is 3.56. The van der Waals surface area contributed by atoms with Crippen LogP contribution in [-0.4, -0.2) is 23.2 Å². The predicted octanol–water partition coefficient (Wildman–Crippen LogP) is 2.55. The molecule has 2 aromatic rings. The molecule has 1 heterocycles. The first-order valence-corrected chi connectivity index (χ1v) is 5.49. The Hall–Kier alpha value is -2.01. The van der Waals surface area contributed by atoms with Gasteiger partial charge in [-0.1, -0.05) is 23.7 Å². The molecule has 0 aliphatic heterocycles. The number of halogens is 2. The largest absolute Gasteiger partial charge is 0.307 e. The lowest BCUT2D eigenvalue weighted by atomic mass is 10.2. The molecular formula is C12H9ClFN3O. The van der Waals surface area contributed by atoms with E-state index in [0.717, 1.165) is 0 Å². The van der Waals surface area contributed by atoms with E-state index in [9.17, 15) is 9.18 Å². The molecule has 0 atom stereocenters. The molecule has 2 rings (SSSR count). The van der Waals surface area contributed by atoms with Gasteiger partial charge >= 0.3 is 0 Å². The van der Waals surface area contributed by atoms with Gasteiger partial charge in [0.05, 0.1) is 5.69 Å². The summed E-state index contributed by atoms with van der Waals surface area (Å²) in [6.07, 6.45) is 0. The maximum absolute atomic E-state index is 13.5. The fourth-order valence-corrected chi connectivity index (χ4v) is 1.54. The first-order valence-electron chi connectivity index (χ1n) is 5.11.